The van der Waals surface area contributed by atoms with Gasteiger partial charge in [-0.1, -0.05) is 69.5 Å². The van der Waals surface area contributed by atoms with Crippen LogP contribution in [0.1, 0.15) is 81.5 Å². The second-order valence-electron chi connectivity index (χ2n) is 14.4. The summed E-state index contributed by atoms with van der Waals surface area (Å²) in [5.41, 5.74) is 2.28. The molecular weight excluding hydrogens is 701 g/mol. The number of anilines is 2. The number of ether oxygens (including phenoxy) is 2. The molecule has 3 aromatic carbocycles. The Labute approximate surface area is 337 Å². The van der Waals surface area contributed by atoms with Gasteiger partial charge in [0, 0.05) is 30.3 Å². The van der Waals surface area contributed by atoms with Gasteiger partial charge in [-0.3, -0.25) is 9.59 Å². The monoisotopic (exact) mass is 747 g/mol. The zero-order valence-electron chi connectivity index (χ0n) is 31.3. The molecule has 3 aromatic rings. The van der Waals surface area contributed by atoms with Crippen molar-refractivity contribution < 1.29 is 68.1 Å². The predicted octanol–water partition coefficient (Wildman–Crippen LogP) is 2.29. The maximum atomic E-state index is 14.6. The molecule has 0 aromatic heterocycles. The molecule has 1 saturated carbocycles. The fraction of sp³-hybridized carbons (Fsp3) is 0.425. The number of carbonyl (C=O) groups is 5. The molecule has 2 heterocycles. The van der Waals surface area contributed by atoms with Gasteiger partial charge in [0.05, 0.1) is 6.04 Å². The van der Waals surface area contributed by atoms with Crippen LogP contribution in [0.4, 0.5) is 21.0 Å². The van der Waals surface area contributed by atoms with Crippen molar-refractivity contribution in [3.05, 3.63) is 83.4 Å². The molecule has 0 unspecified atom stereocenters. The Kier molecular flexibility index (Phi) is 13.3. The molecule has 14 heteroatoms. The minimum absolute atomic E-state index is 0. The van der Waals surface area contributed by atoms with Gasteiger partial charge in [-0.2, -0.15) is 0 Å². The van der Waals surface area contributed by atoms with Gasteiger partial charge < -0.3 is 40.2 Å². The molecule has 0 radical (unpaired) electrons. The first-order valence-electron chi connectivity index (χ1n) is 18.2. The van der Waals surface area contributed by atoms with Crippen LogP contribution in [-0.4, -0.2) is 64.4 Å². The molecule has 280 valence electrons. The van der Waals surface area contributed by atoms with Crippen LogP contribution in [0.2, 0.25) is 0 Å². The first-order chi connectivity index (χ1) is 25.4. The number of urea groups is 2. The predicted molar refractivity (Wildman–Crippen MR) is 195 cm³/mol. The van der Waals surface area contributed by atoms with Crippen molar-refractivity contribution >= 4 is 41.2 Å². The Hall–Kier alpha value is -4.59. The van der Waals surface area contributed by atoms with Gasteiger partial charge >= 0.3 is 41.6 Å². The van der Waals surface area contributed by atoms with Crippen LogP contribution < -0.4 is 60.1 Å². The molecule has 1 saturated heterocycles. The largest absolute Gasteiger partial charge is 1.00 e. The number of para-hydroxylation sites is 1. The standard InChI is InChI=1S/C40H47N5O8.Na/c1-25(2)21-32(36(48)42-31(23-35(46)47)28-13-16-33-34(22-28)53-20-19-52-33)45-37(49)40(17-7-4-8-18-40)44(39(45)51)24-27-11-14-29(15-12-27)41-38(50)43-30-10-6-5-9-26(30)3;/h5-6,9-16,22,25,31-32H,4,7-8,17-21,23-24H2,1-3H3,(H,42,48)(H,46,47)(H2,41,43,50);/q;+1/p-1/t31-,32-;/m0./s1. The van der Waals surface area contributed by atoms with E-state index in [1.165, 1.54) is 0 Å². The van der Waals surface area contributed by atoms with E-state index in [0.717, 1.165) is 35.3 Å². The van der Waals surface area contributed by atoms with Gasteiger partial charge in [-0.25, -0.2) is 14.5 Å². The molecular formula is C40H46N5NaO8. The number of benzene rings is 3. The van der Waals surface area contributed by atoms with E-state index in [1.807, 2.05) is 45.0 Å². The summed E-state index contributed by atoms with van der Waals surface area (Å²) in [6.45, 7) is 6.54. The molecule has 3 aliphatic rings. The summed E-state index contributed by atoms with van der Waals surface area (Å²) >= 11 is 0. The Morgan fingerprint density at radius 3 is 2.24 bits per heavy atom. The number of carboxylic acid groups (broad SMARTS) is 1. The Balaban J connectivity index is 0.00000561. The van der Waals surface area contributed by atoms with Gasteiger partial charge in [0.25, 0.3) is 5.91 Å². The summed E-state index contributed by atoms with van der Waals surface area (Å²) in [5.74, 6) is -1.56. The van der Waals surface area contributed by atoms with Gasteiger partial charge in [-0.15, -0.1) is 0 Å². The quantitative estimate of drug-likeness (QED) is 0.187. The van der Waals surface area contributed by atoms with Crippen molar-refractivity contribution in [2.75, 3.05) is 23.8 Å². The molecule has 13 nitrogen and oxygen atoms in total. The van der Waals surface area contributed by atoms with E-state index in [-0.39, 0.29) is 48.4 Å². The Morgan fingerprint density at radius 2 is 1.57 bits per heavy atom. The number of nitrogens with one attached hydrogen (secondary N) is 3. The number of nitrogens with zero attached hydrogens (tertiary/aromatic N) is 2. The molecule has 6 amide bonds. The molecule has 1 aliphatic carbocycles. The number of imide groups is 1. The Bertz CT molecular complexity index is 1860. The van der Waals surface area contributed by atoms with Crippen molar-refractivity contribution in [2.45, 2.75) is 89.9 Å². The second kappa shape index (κ2) is 17.7. The SMILES string of the molecule is Cc1ccccc1NC(=O)Nc1ccc(CN2C(=O)N([C@@H](CC(C)C)C(=O)N[C@@H](CC(=O)[O-])c3ccc4c(c3)OCCO4)C(=O)C23CCCCC3)cc1.[Na+]. The first-order valence-corrected chi connectivity index (χ1v) is 18.2. The van der Waals surface area contributed by atoms with Crippen molar-refractivity contribution in [3.63, 3.8) is 0 Å². The summed E-state index contributed by atoms with van der Waals surface area (Å²) in [4.78, 5) is 70.5. The number of fused-ring (bicyclic) bond motifs is 1. The van der Waals surface area contributed by atoms with Crippen molar-refractivity contribution in [1.82, 2.24) is 15.1 Å². The third-order valence-electron chi connectivity index (χ3n) is 10.2. The molecule has 2 aliphatic heterocycles. The number of hydrogen-bond donors (Lipinski definition) is 3. The molecule has 1 spiro atoms. The van der Waals surface area contributed by atoms with E-state index in [0.29, 0.717) is 54.5 Å². The van der Waals surface area contributed by atoms with Gasteiger partial charge in [0.1, 0.15) is 24.8 Å². The third-order valence-corrected chi connectivity index (χ3v) is 10.2. The van der Waals surface area contributed by atoms with Gasteiger partial charge in [0.2, 0.25) is 5.91 Å². The topological polar surface area (TPSA) is 169 Å². The fourth-order valence-corrected chi connectivity index (χ4v) is 7.47. The fourth-order valence-electron chi connectivity index (χ4n) is 7.47. The van der Waals surface area contributed by atoms with Crippen LogP contribution in [0.5, 0.6) is 11.5 Å². The van der Waals surface area contributed by atoms with Gasteiger partial charge in [-0.05, 0) is 79.1 Å². The van der Waals surface area contributed by atoms with E-state index in [9.17, 15) is 29.1 Å². The smallest absolute Gasteiger partial charge is 0.550 e. The first kappa shape index (κ1) is 40.6. The van der Waals surface area contributed by atoms with E-state index >= 15 is 0 Å². The average molecular weight is 748 g/mol. The van der Waals surface area contributed by atoms with Crippen LogP contribution in [0.25, 0.3) is 0 Å². The van der Waals surface area contributed by atoms with Crippen LogP contribution >= 0.6 is 0 Å². The molecule has 3 N–H and O–H groups in total. The molecule has 54 heavy (non-hydrogen) atoms. The number of hydrogen-bond acceptors (Lipinski definition) is 8. The van der Waals surface area contributed by atoms with E-state index in [4.69, 9.17) is 9.47 Å². The van der Waals surface area contributed by atoms with Crippen LogP contribution in [0.3, 0.4) is 0 Å². The van der Waals surface area contributed by atoms with Crippen LogP contribution in [-0.2, 0) is 20.9 Å². The van der Waals surface area contributed by atoms with E-state index in [2.05, 4.69) is 16.0 Å². The van der Waals surface area contributed by atoms with Crippen molar-refractivity contribution in [1.29, 1.82) is 0 Å². The van der Waals surface area contributed by atoms with Crippen LogP contribution in [0.15, 0.2) is 66.7 Å². The summed E-state index contributed by atoms with van der Waals surface area (Å²) in [6, 6.07) is 16.3. The number of aliphatic carboxylic acids is 1. The normalized spacial score (nSPS) is 17.1. The summed E-state index contributed by atoms with van der Waals surface area (Å²) in [6.07, 6.45) is 3.01. The Morgan fingerprint density at radius 1 is 0.889 bits per heavy atom. The molecule has 6 rings (SSSR count). The average Bonchev–Trinajstić information content (AvgIpc) is 3.32. The van der Waals surface area contributed by atoms with Crippen molar-refractivity contribution in [2.24, 2.45) is 5.92 Å². The van der Waals surface area contributed by atoms with E-state index in [1.54, 1.807) is 47.4 Å². The van der Waals surface area contributed by atoms with Crippen LogP contribution in [0, 0.1) is 12.8 Å². The van der Waals surface area contributed by atoms with Crippen molar-refractivity contribution in [3.8, 4) is 11.5 Å². The summed E-state index contributed by atoms with van der Waals surface area (Å²) in [7, 11) is 0. The number of amides is 6. The van der Waals surface area contributed by atoms with Gasteiger partial charge in [0.15, 0.2) is 11.5 Å². The summed E-state index contributed by atoms with van der Waals surface area (Å²) in [5, 5.41) is 20.4. The summed E-state index contributed by atoms with van der Waals surface area (Å²) < 4.78 is 11.3. The molecule has 2 fully saturated rings. The number of rotatable bonds is 12. The number of carboxylic acids is 1. The zero-order valence-corrected chi connectivity index (χ0v) is 33.3. The zero-order chi connectivity index (χ0) is 37.7. The maximum absolute atomic E-state index is 14.6. The third kappa shape index (κ3) is 9.02. The number of aryl methyl sites for hydroxylation is 1. The molecule has 2 atom stereocenters. The second-order valence-corrected chi connectivity index (χ2v) is 14.4. The maximum Gasteiger partial charge on any atom is 1.00 e. The molecule has 0 bridgehead atoms. The minimum atomic E-state index is -1.38. The minimum Gasteiger partial charge on any atom is -0.550 e. The number of carbonyl (C=O) groups excluding carboxylic acids is 5. The van der Waals surface area contributed by atoms with E-state index < -0.39 is 53.9 Å².